The van der Waals surface area contributed by atoms with E-state index in [4.69, 9.17) is 9.15 Å². The van der Waals surface area contributed by atoms with Gasteiger partial charge >= 0.3 is 0 Å². The van der Waals surface area contributed by atoms with Crippen LogP contribution in [0, 0.1) is 6.92 Å². The van der Waals surface area contributed by atoms with Crippen LogP contribution in [-0.4, -0.2) is 23.2 Å². The van der Waals surface area contributed by atoms with E-state index < -0.39 is 0 Å². The van der Waals surface area contributed by atoms with Crippen LogP contribution in [0.25, 0.3) is 11.3 Å². The predicted molar refractivity (Wildman–Crippen MR) is 83.3 cm³/mol. The number of aryl methyl sites for hydroxylation is 1. The van der Waals surface area contributed by atoms with E-state index in [1.807, 2.05) is 6.92 Å². The summed E-state index contributed by atoms with van der Waals surface area (Å²) in [7, 11) is 0. The van der Waals surface area contributed by atoms with Crippen LogP contribution in [0.1, 0.15) is 32.4 Å². The van der Waals surface area contributed by atoms with Crippen LogP contribution < -0.4 is 5.32 Å². The molecule has 1 saturated carbocycles. The number of hydrogen-bond donors (Lipinski definition) is 1. The lowest BCUT2D eigenvalue weighted by Gasteiger charge is -2.37. The molecule has 0 spiro atoms. The predicted octanol–water partition coefficient (Wildman–Crippen LogP) is 4.02. The SMILES string of the molecule is Cc1ncoc1-c1ccc(NC2CC(OC(C)C)C2)cc1. The van der Waals surface area contributed by atoms with Crippen molar-refractivity contribution in [3.05, 3.63) is 36.4 Å². The van der Waals surface area contributed by atoms with Crippen LogP contribution in [0.4, 0.5) is 5.69 Å². The molecule has 1 N–H and O–H groups in total. The highest BCUT2D eigenvalue weighted by Crippen LogP contribution is 2.29. The highest BCUT2D eigenvalue weighted by Gasteiger charge is 2.30. The maximum Gasteiger partial charge on any atom is 0.181 e. The summed E-state index contributed by atoms with van der Waals surface area (Å²) in [5.41, 5.74) is 3.12. The van der Waals surface area contributed by atoms with Crippen molar-refractivity contribution in [3.63, 3.8) is 0 Å². The van der Waals surface area contributed by atoms with Gasteiger partial charge in [-0.1, -0.05) is 0 Å². The molecule has 0 atom stereocenters. The lowest BCUT2D eigenvalue weighted by atomic mass is 9.89. The summed E-state index contributed by atoms with van der Waals surface area (Å²) in [4.78, 5) is 4.12. The number of ether oxygens (including phenoxy) is 1. The normalized spacial score (nSPS) is 21.3. The third-order valence-electron chi connectivity index (χ3n) is 3.82. The second kappa shape index (κ2) is 5.90. The van der Waals surface area contributed by atoms with E-state index >= 15 is 0 Å². The van der Waals surface area contributed by atoms with Gasteiger partial charge in [0.2, 0.25) is 0 Å². The molecule has 112 valence electrons. The number of aromatic nitrogens is 1. The van der Waals surface area contributed by atoms with E-state index in [2.05, 4.69) is 48.4 Å². The first-order chi connectivity index (χ1) is 10.1. The Morgan fingerprint density at radius 1 is 1.24 bits per heavy atom. The minimum Gasteiger partial charge on any atom is -0.443 e. The summed E-state index contributed by atoms with van der Waals surface area (Å²) in [5.74, 6) is 0.843. The Morgan fingerprint density at radius 3 is 2.52 bits per heavy atom. The van der Waals surface area contributed by atoms with Crippen molar-refractivity contribution in [1.29, 1.82) is 0 Å². The van der Waals surface area contributed by atoms with E-state index in [1.54, 1.807) is 0 Å². The van der Waals surface area contributed by atoms with Crippen LogP contribution in [0.15, 0.2) is 35.1 Å². The molecule has 1 aromatic heterocycles. The van der Waals surface area contributed by atoms with Gasteiger partial charge in [0, 0.05) is 17.3 Å². The number of nitrogens with zero attached hydrogens (tertiary/aromatic N) is 1. The zero-order chi connectivity index (χ0) is 14.8. The molecular weight excluding hydrogens is 264 g/mol. The average Bonchev–Trinajstić information content (AvgIpc) is 2.83. The number of oxazole rings is 1. The molecule has 2 aromatic rings. The van der Waals surface area contributed by atoms with Crippen molar-refractivity contribution in [2.75, 3.05) is 5.32 Å². The van der Waals surface area contributed by atoms with E-state index in [9.17, 15) is 0 Å². The Kier molecular flexibility index (Phi) is 3.97. The molecule has 0 amide bonds. The lowest BCUT2D eigenvalue weighted by molar-refractivity contribution is -0.0400. The highest BCUT2D eigenvalue weighted by molar-refractivity contribution is 5.63. The first kappa shape index (κ1) is 14.1. The minimum absolute atomic E-state index is 0.320. The Balaban J connectivity index is 1.55. The molecule has 4 heteroatoms. The fraction of sp³-hybridized carbons (Fsp3) is 0.471. The first-order valence-corrected chi connectivity index (χ1v) is 7.54. The second-order valence-corrected chi connectivity index (χ2v) is 5.96. The van der Waals surface area contributed by atoms with Gasteiger partial charge in [0.05, 0.1) is 17.9 Å². The summed E-state index contributed by atoms with van der Waals surface area (Å²) in [6, 6.07) is 8.83. The number of nitrogens with one attached hydrogen (secondary N) is 1. The highest BCUT2D eigenvalue weighted by atomic mass is 16.5. The fourth-order valence-corrected chi connectivity index (χ4v) is 2.71. The van der Waals surface area contributed by atoms with Gasteiger partial charge in [0.1, 0.15) is 0 Å². The van der Waals surface area contributed by atoms with Gasteiger partial charge in [-0.3, -0.25) is 0 Å². The van der Waals surface area contributed by atoms with Crippen molar-refractivity contribution in [1.82, 2.24) is 4.98 Å². The third kappa shape index (κ3) is 3.27. The topological polar surface area (TPSA) is 47.3 Å². The summed E-state index contributed by atoms with van der Waals surface area (Å²) in [5, 5.41) is 3.54. The molecule has 0 aliphatic heterocycles. The lowest BCUT2D eigenvalue weighted by Crippen LogP contribution is -2.41. The third-order valence-corrected chi connectivity index (χ3v) is 3.82. The summed E-state index contributed by atoms with van der Waals surface area (Å²) >= 11 is 0. The smallest absolute Gasteiger partial charge is 0.181 e. The molecular formula is C17H22N2O2. The fourth-order valence-electron chi connectivity index (χ4n) is 2.71. The van der Waals surface area contributed by atoms with E-state index in [0.29, 0.717) is 18.2 Å². The molecule has 1 aromatic carbocycles. The molecule has 4 nitrogen and oxygen atoms in total. The van der Waals surface area contributed by atoms with E-state index in [1.165, 1.54) is 6.39 Å². The second-order valence-electron chi connectivity index (χ2n) is 5.96. The van der Waals surface area contributed by atoms with Crippen LogP contribution in [-0.2, 0) is 4.74 Å². The van der Waals surface area contributed by atoms with Crippen molar-refractivity contribution in [2.24, 2.45) is 0 Å². The van der Waals surface area contributed by atoms with Crippen molar-refractivity contribution in [2.45, 2.75) is 51.9 Å². The Bertz CT molecular complexity index is 583. The molecule has 1 heterocycles. The average molecular weight is 286 g/mol. The summed E-state index contributed by atoms with van der Waals surface area (Å²) in [6.07, 6.45) is 4.39. The standard InChI is InChI=1S/C17H22N2O2/c1-11(2)21-16-8-15(9-16)19-14-6-4-13(5-7-14)17-12(3)18-10-20-17/h4-7,10-11,15-16,19H,8-9H2,1-3H3. The first-order valence-electron chi connectivity index (χ1n) is 7.54. The van der Waals surface area contributed by atoms with Crippen molar-refractivity contribution in [3.8, 4) is 11.3 Å². The van der Waals surface area contributed by atoms with Crippen LogP contribution in [0.3, 0.4) is 0 Å². The van der Waals surface area contributed by atoms with Crippen LogP contribution in [0.5, 0.6) is 0 Å². The van der Waals surface area contributed by atoms with Gasteiger partial charge in [0.25, 0.3) is 0 Å². The van der Waals surface area contributed by atoms with Crippen LogP contribution in [0.2, 0.25) is 0 Å². The zero-order valence-corrected chi connectivity index (χ0v) is 12.8. The Labute approximate surface area is 125 Å². The molecule has 0 saturated heterocycles. The van der Waals surface area contributed by atoms with Gasteiger partial charge in [-0.05, 0) is 57.9 Å². The number of rotatable bonds is 5. The van der Waals surface area contributed by atoms with Gasteiger partial charge in [-0.2, -0.15) is 0 Å². The van der Waals surface area contributed by atoms with Crippen molar-refractivity contribution < 1.29 is 9.15 Å². The molecule has 0 radical (unpaired) electrons. The van der Waals surface area contributed by atoms with E-state index in [-0.39, 0.29) is 0 Å². The molecule has 3 rings (SSSR count). The van der Waals surface area contributed by atoms with Gasteiger partial charge in [-0.25, -0.2) is 4.98 Å². The monoisotopic (exact) mass is 286 g/mol. The van der Waals surface area contributed by atoms with Crippen molar-refractivity contribution >= 4 is 5.69 Å². The minimum atomic E-state index is 0.320. The number of benzene rings is 1. The number of anilines is 1. The maximum atomic E-state index is 5.78. The largest absolute Gasteiger partial charge is 0.443 e. The molecule has 21 heavy (non-hydrogen) atoms. The number of hydrogen-bond acceptors (Lipinski definition) is 4. The molecule has 1 aliphatic rings. The van der Waals surface area contributed by atoms with Gasteiger partial charge in [0.15, 0.2) is 12.2 Å². The van der Waals surface area contributed by atoms with E-state index in [0.717, 1.165) is 35.5 Å². The zero-order valence-electron chi connectivity index (χ0n) is 12.8. The quantitative estimate of drug-likeness (QED) is 0.902. The van der Waals surface area contributed by atoms with Crippen LogP contribution >= 0.6 is 0 Å². The molecule has 1 fully saturated rings. The van der Waals surface area contributed by atoms with Gasteiger partial charge < -0.3 is 14.5 Å². The maximum absolute atomic E-state index is 5.78. The van der Waals surface area contributed by atoms with Gasteiger partial charge in [-0.15, -0.1) is 0 Å². The Hall–Kier alpha value is -1.81. The Morgan fingerprint density at radius 2 is 1.95 bits per heavy atom. The summed E-state index contributed by atoms with van der Waals surface area (Å²) in [6.45, 7) is 6.13. The summed E-state index contributed by atoms with van der Waals surface area (Å²) < 4.78 is 11.2. The molecule has 1 aliphatic carbocycles. The molecule has 0 unspecified atom stereocenters. The molecule has 0 bridgehead atoms.